The number of carboxylic acid groups (broad SMARTS) is 1. The van der Waals surface area contributed by atoms with Crippen LogP contribution in [-0.4, -0.2) is 48.1 Å². The van der Waals surface area contributed by atoms with Crippen molar-refractivity contribution in [3.63, 3.8) is 0 Å². The van der Waals surface area contributed by atoms with Gasteiger partial charge in [-0.05, 0) is 25.1 Å². The van der Waals surface area contributed by atoms with Gasteiger partial charge in [-0.25, -0.2) is 17.2 Å². The second-order valence-corrected chi connectivity index (χ2v) is 8.04. The van der Waals surface area contributed by atoms with Crippen molar-refractivity contribution >= 4 is 21.9 Å². The molecule has 2 aromatic rings. The number of aliphatic carboxylic acids is 1. The number of amides is 1. The Hall–Kier alpha value is -2.65. The van der Waals surface area contributed by atoms with E-state index in [4.69, 9.17) is 4.74 Å². The van der Waals surface area contributed by atoms with E-state index < -0.39 is 27.4 Å². The minimum absolute atomic E-state index is 0.0493. The molecule has 138 valence electrons. The predicted octanol–water partition coefficient (Wildman–Crippen LogP) is 1.01. The van der Waals surface area contributed by atoms with E-state index in [0.29, 0.717) is 0 Å². The molecule has 1 saturated heterocycles. The molecule has 0 saturated carbocycles. The summed E-state index contributed by atoms with van der Waals surface area (Å²) in [5, 5.41) is 11.8. The third-order valence-corrected chi connectivity index (χ3v) is 5.96. The van der Waals surface area contributed by atoms with Crippen LogP contribution in [0, 0.1) is 6.92 Å². The molecule has 1 aliphatic heterocycles. The average molecular weight is 378 g/mol. The topological polar surface area (TPSA) is 115 Å². The largest absolute Gasteiger partial charge is 0.479 e. The fourth-order valence-electron chi connectivity index (χ4n) is 2.67. The second kappa shape index (κ2) is 6.58. The summed E-state index contributed by atoms with van der Waals surface area (Å²) < 4.78 is 31.3. The number of rotatable bonds is 5. The van der Waals surface area contributed by atoms with Gasteiger partial charge in [-0.15, -0.1) is 0 Å². The quantitative estimate of drug-likeness (QED) is 0.802. The Labute approximate surface area is 150 Å². The van der Waals surface area contributed by atoms with Crippen molar-refractivity contribution < 1.29 is 27.9 Å². The minimum Gasteiger partial charge on any atom is -0.479 e. The molecule has 0 bridgehead atoms. The van der Waals surface area contributed by atoms with Crippen LogP contribution in [0.5, 0.6) is 0 Å². The molecule has 9 heteroatoms. The highest BCUT2D eigenvalue weighted by atomic mass is 32.2. The highest BCUT2D eigenvalue weighted by molar-refractivity contribution is 7.90. The maximum atomic E-state index is 12.6. The molecular weight excluding hydrogens is 360 g/mol. The van der Waals surface area contributed by atoms with Gasteiger partial charge in [0.25, 0.3) is 15.9 Å². The zero-order valence-corrected chi connectivity index (χ0v) is 14.8. The van der Waals surface area contributed by atoms with Gasteiger partial charge in [-0.2, -0.15) is 0 Å². The van der Waals surface area contributed by atoms with Gasteiger partial charge >= 0.3 is 5.97 Å². The summed E-state index contributed by atoms with van der Waals surface area (Å²) >= 11 is 0. The second-order valence-electron chi connectivity index (χ2n) is 6.19. The highest BCUT2D eigenvalue weighted by Crippen LogP contribution is 2.21. The number of hydrogen-bond acceptors (Lipinski definition) is 5. The number of carboxylic acids is 1. The smallest absolute Gasteiger partial charge is 0.331 e. The van der Waals surface area contributed by atoms with Gasteiger partial charge < -0.3 is 15.2 Å². The summed E-state index contributed by atoms with van der Waals surface area (Å²) in [6, 6.07) is 7.66. The van der Waals surface area contributed by atoms with E-state index in [1.54, 1.807) is 12.1 Å². The Morgan fingerprint density at radius 2 is 1.92 bits per heavy atom. The Morgan fingerprint density at radius 1 is 1.23 bits per heavy atom. The van der Waals surface area contributed by atoms with Crippen molar-refractivity contribution in [3.8, 4) is 0 Å². The summed E-state index contributed by atoms with van der Waals surface area (Å²) in [5.41, 5.74) is -0.517. The number of ether oxygens (including phenoxy) is 1. The molecule has 8 nitrogen and oxygen atoms in total. The van der Waals surface area contributed by atoms with Crippen LogP contribution in [0.15, 0.2) is 47.6 Å². The lowest BCUT2D eigenvalue weighted by Gasteiger charge is -2.23. The van der Waals surface area contributed by atoms with Crippen LogP contribution in [-0.2, 0) is 19.6 Å². The first-order valence-electron chi connectivity index (χ1n) is 7.88. The van der Waals surface area contributed by atoms with Gasteiger partial charge in [-0.1, -0.05) is 17.7 Å². The molecule has 1 aromatic carbocycles. The van der Waals surface area contributed by atoms with Crippen LogP contribution in [0.25, 0.3) is 0 Å². The Morgan fingerprint density at radius 3 is 2.50 bits per heavy atom. The summed E-state index contributed by atoms with van der Waals surface area (Å²) in [6.45, 7) is 1.95. The first-order valence-corrected chi connectivity index (χ1v) is 9.32. The standard InChI is InChI=1S/C17H18N2O6S/c1-12-2-4-14(5-3-12)26(23,24)19-8-6-13(10-19)15(20)18-17(16(21)22)7-9-25-11-17/h2-6,8,10H,7,9,11H2,1H3,(H,18,20)(H,21,22). The van der Waals surface area contributed by atoms with Gasteiger partial charge in [0.05, 0.1) is 17.1 Å². The highest BCUT2D eigenvalue weighted by Gasteiger charge is 2.44. The van der Waals surface area contributed by atoms with E-state index in [9.17, 15) is 23.1 Å². The Bertz CT molecular complexity index is 940. The maximum absolute atomic E-state index is 12.6. The summed E-state index contributed by atoms with van der Waals surface area (Å²) in [4.78, 5) is 24.0. The van der Waals surface area contributed by atoms with E-state index in [1.807, 2.05) is 6.92 Å². The number of benzene rings is 1. The monoisotopic (exact) mass is 378 g/mol. The van der Waals surface area contributed by atoms with Crippen molar-refractivity contribution in [2.24, 2.45) is 0 Å². The summed E-state index contributed by atoms with van der Waals surface area (Å²) in [5.74, 6) is -1.86. The van der Waals surface area contributed by atoms with E-state index in [0.717, 1.165) is 15.7 Å². The summed E-state index contributed by atoms with van der Waals surface area (Å²) in [6.07, 6.45) is 2.56. The third-order valence-electron chi connectivity index (χ3n) is 4.31. The van der Waals surface area contributed by atoms with Crippen LogP contribution in [0.2, 0.25) is 0 Å². The van der Waals surface area contributed by atoms with E-state index >= 15 is 0 Å². The van der Waals surface area contributed by atoms with Crippen molar-refractivity contribution in [1.29, 1.82) is 0 Å². The van der Waals surface area contributed by atoms with Crippen molar-refractivity contribution in [1.82, 2.24) is 9.29 Å². The lowest BCUT2D eigenvalue weighted by molar-refractivity contribution is -0.144. The van der Waals surface area contributed by atoms with Crippen molar-refractivity contribution in [2.45, 2.75) is 23.8 Å². The molecule has 1 atom stereocenters. The van der Waals surface area contributed by atoms with Crippen LogP contribution < -0.4 is 5.32 Å². The first kappa shape index (κ1) is 18.2. The number of nitrogens with zero attached hydrogens (tertiary/aromatic N) is 1. The molecule has 1 fully saturated rings. The molecule has 0 aliphatic carbocycles. The number of hydrogen-bond donors (Lipinski definition) is 2. The maximum Gasteiger partial charge on any atom is 0.331 e. The van der Waals surface area contributed by atoms with Gasteiger partial charge in [0, 0.05) is 25.4 Å². The molecule has 26 heavy (non-hydrogen) atoms. The zero-order valence-electron chi connectivity index (χ0n) is 14.0. The van der Waals surface area contributed by atoms with Crippen molar-refractivity contribution in [3.05, 3.63) is 53.9 Å². The number of aromatic nitrogens is 1. The first-order chi connectivity index (χ1) is 12.2. The third kappa shape index (κ3) is 3.23. The molecule has 1 aromatic heterocycles. The SMILES string of the molecule is Cc1ccc(S(=O)(=O)n2ccc(C(=O)NC3(C(=O)O)CCOC3)c2)cc1. The number of carbonyl (C=O) groups is 2. The van der Waals surface area contributed by atoms with Gasteiger partial charge in [-0.3, -0.25) is 4.79 Å². The lowest BCUT2D eigenvalue weighted by Crippen LogP contribution is -2.55. The predicted molar refractivity (Wildman–Crippen MR) is 91.5 cm³/mol. The molecule has 1 amide bonds. The molecule has 0 radical (unpaired) electrons. The van der Waals surface area contributed by atoms with E-state index in [1.165, 1.54) is 24.4 Å². The Balaban J connectivity index is 1.84. The molecule has 1 aliphatic rings. The Kier molecular flexibility index (Phi) is 4.59. The number of nitrogens with one attached hydrogen (secondary N) is 1. The van der Waals surface area contributed by atoms with Crippen LogP contribution in [0.1, 0.15) is 22.3 Å². The molecule has 2 heterocycles. The van der Waals surface area contributed by atoms with Crippen LogP contribution in [0.4, 0.5) is 0 Å². The lowest BCUT2D eigenvalue weighted by atomic mass is 9.98. The van der Waals surface area contributed by atoms with Crippen LogP contribution in [0.3, 0.4) is 0 Å². The van der Waals surface area contributed by atoms with E-state index in [-0.39, 0.29) is 30.1 Å². The van der Waals surface area contributed by atoms with Gasteiger partial charge in [0.1, 0.15) is 0 Å². The van der Waals surface area contributed by atoms with E-state index in [2.05, 4.69) is 5.32 Å². The van der Waals surface area contributed by atoms with Crippen molar-refractivity contribution in [2.75, 3.05) is 13.2 Å². The van der Waals surface area contributed by atoms with Gasteiger partial charge in [0.2, 0.25) is 0 Å². The number of carbonyl (C=O) groups excluding carboxylic acids is 1. The van der Waals surface area contributed by atoms with Gasteiger partial charge in [0.15, 0.2) is 5.54 Å². The average Bonchev–Trinajstić information content (AvgIpc) is 3.25. The fourth-order valence-corrected chi connectivity index (χ4v) is 3.86. The molecule has 2 N–H and O–H groups in total. The zero-order chi connectivity index (χ0) is 18.9. The minimum atomic E-state index is -3.83. The van der Waals surface area contributed by atoms with Crippen LogP contribution >= 0.6 is 0 Å². The fraction of sp³-hybridized carbons (Fsp3) is 0.294. The molecule has 3 rings (SSSR count). The molecule has 0 spiro atoms. The normalized spacial score (nSPS) is 20.0. The summed E-state index contributed by atoms with van der Waals surface area (Å²) in [7, 11) is -3.83. The number of aryl methyl sites for hydroxylation is 1. The molecule has 1 unspecified atom stereocenters. The molecular formula is C17H18N2O6S.